The average molecular weight is 271 g/mol. The highest BCUT2D eigenvalue weighted by atomic mass is 16.2. The minimum atomic E-state index is -0.167. The molecule has 0 atom stereocenters. The minimum absolute atomic E-state index is 0.0575. The van der Waals surface area contributed by atoms with E-state index < -0.39 is 0 Å². The molecule has 0 radical (unpaired) electrons. The molecule has 1 aliphatic rings. The van der Waals surface area contributed by atoms with Gasteiger partial charge in [-0.3, -0.25) is 4.79 Å². The first kappa shape index (κ1) is 14.6. The molecule has 0 unspecified atom stereocenters. The summed E-state index contributed by atoms with van der Waals surface area (Å²) in [6.45, 7) is 2.58. The smallest absolute Gasteiger partial charge is 0.253 e. The standard InChI is InChI=1S/C17H21NO2/c1-13-15(9-5-11-19)8-4-10-16(13)17(20)18(2)12-14-6-3-7-14/h4,8,10,14,19H,3,6-7,11-12H2,1-2H3. The van der Waals surface area contributed by atoms with Gasteiger partial charge in [0.1, 0.15) is 6.61 Å². The highest BCUT2D eigenvalue weighted by Gasteiger charge is 2.22. The number of hydrogen-bond acceptors (Lipinski definition) is 2. The topological polar surface area (TPSA) is 40.5 Å². The molecule has 1 N–H and O–H groups in total. The number of benzene rings is 1. The van der Waals surface area contributed by atoms with Crippen LogP contribution in [0, 0.1) is 24.7 Å². The number of aliphatic hydroxyl groups excluding tert-OH is 1. The van der Waals surface area contributed by atoms with Crippen molar-refractivity contribution in [3.05, 3.63) is 34.9 Å². The van der Waals surface area contributed by atoms with E-state index in [0.29, 0.717) is 11.5 Å². The van der Waals surface area contributed by atoms with Gasteiger partial charge in [-0.05, 0) is 43.4 Å². The van der Waals surface area contributed by atoms with E-state index in [1.807, 2.05) is 37.1 Å². The summed E-state index contributed by atoms with van der Waals surface area (Å²) in [6.07, 6.45) is 3.76. The van der Waals surface area contributed by atoms with E-state index in [1.54, 1.807) is 0 Å². The van der Waals surface area contributed by atoms with Crippen molar-refractivity contribution in [1.29, 1.82) is 0 Å². The molecule has 1 amide bonds. The fourth-order valence-electron chi connectivity index (χ4n) is 2.49. The highest BCUT2D eigenvalue weighted by molar-refractivity contribution is 5.96. The highest BCUT2D eigenvalue weighted by Crippen LogP contribution is 2.27. The Morgan fingerprint density at radius 3 is 2.80 bits per heavy atom. The fourth-order valence-corrected chi connectivity index (χ4v) is 2.49. The predicted molar refractivity (Wildman–Crippen MR) is 79.4 cm³/mol. The van der Waals surface area contributed by atoms with Gasteiger partial charge >= 0.3 is 0 Å². The molecule has 0 spiro atoms. The molecule has 1 saturated carbocycles. The Morgan fingerprint density at radius 2 is 2.20 bits per heavy atom. The van der Waals surface area contributed by atoms with Crippen molar-refractivity contribution in [3.63, 3.8) is 0 Å². The van der Waals surface area contributed by atoms with Gasteiger partial charge < -0.3 is 10.0 Å². The molecule has 0 aromatic heterocycles. The van der Waals surface area contributed by atoms with Crippen molar-refractivity contribution in [2.45, 2.75) is 26.2 Å². The first-order valence-electron chi connectivity index (χ1n) is 7.08. The van der Waals surface area contributed by atoms with Crippen LogP contribution >= 0.6 is 0 Å². The predicted octanol–water partition coefficient (Wildman–Crippen LogP) is 2.21. The van der Waals surface area contributed by atoms with E-state index in [9.17, 15) is 4.79 Å². The molecule has 1 aromatic carbocycles. The monoisotopic (exact) mass is 271 g/mol. The van der Waals surface area contributed by atoms with Crippen molar-refractivity contribution >= 4 is 5.91 Å². The Bertz CT molecular complexity index is 550. The van der Waals surface area contributed by atoms with Crippen LogP contribution in [-0.4, -0.2) is 36.1 Å². The van der Waals surface area contributed by atoms with E-state index >= 15 is 0 Å². The third-order valence-corrected chi connectivity index (χ3v) is 3.97. The van der Waals surface area contributed by atoms with Crippen molar-refractivity contribution in [3.8, 4) is 11.8 Å². The molecule has 106 valence electrons. The van der Waals surface area contributed by atoms with E-state index in [1.165, 1.54) is 19.3 Å². The minimum Gasteiger partial charge on any atom is -0.384 e. The Kier molecular flexibility index (Phi) is 4.81. The van der Waals surface area contributed by atoms with Crippen LogP contribution in [-0.2, 0) is 0 Å². The number of rotatable bonds is 3. The molecule has 0 bridgehead atoms. The van der Waals surface area contributed by atoms with Gasteiger partial charge in [-0.15, -0.1) is 0 Å². The van der Waals surface area contributed by atoms with Crippen LogP contribution in [0.5, 0.6) is 0 Å². The van der Waals surface area contributed by atoms with E-state index in [-0.39, 0.29) is 12.5 Å². The van der Waals surface area contributed by atoms with Crippen molar-refractivity contribution in [2.24, 2.45) is 5.92 Å². The molecule has 3 heteroatoms. The second-order valence-electron chi connectivity index (χ2n) is 5.42. The quantitative estimate of drug-likeness (QED) is 0.856. The molecule has 3 nitrogen and oxygen atoms in total. The van der Waals surface area contributed by atoms with Crippen molar-refractivity contribution in [1.82, 2.24) is 4.90 Å². The number of carbonyl (C=O) groups is 1. The van der Waals surface area contributed by atoms with Crippen LogP contribution in [0.3, 0.4) is 0 Å². The molecule has 0 saturated heterocycles. The Morgan fingerprint density at radius 1 is 1.45 bits per heavy atom. The number of aliphatic hydroxyl groups is 1. The number of carbonyl (C=O) groups excluding carboxylic acids is 1. The van der Waals surface area contributed by atoms with Gasteiger partial charge in [0.2, 0.25) is 0 Å². The third kappa shape index (κ3) is 3.20. The van der Waals surface area contributed by atoms with E-state index in [0.717, 1.165) is 17.7 Å². The lowest BCUT2D eigenvalue weighted by Crippen LogP contribution is -2.34. The average Bonchev–Trinajstić information content (AvgIpc) is 2.40. The lowest BCUT2D eigenvalue weighted by atomic mass is 9.85. The first-order chi connectivity index (χ1) is 9.63. The Labute approximate surface area is 120 Å². The Balaban J connectivity index is 2.16. The summed E-state index contributed by atoms with van der Waals surface area (Å²) >= 11 is 0. The number of hydrogen-bond donors (Lipinski definition) is 1. The van der Waals surface area contributed by atoms with E-state index in [2.05, 4.69) is 11.8 Å². The maximum absolute atomic E-state index is 12.5. The van der Waals surface area contributed by atoms with Crippen LogP contribution in [0.1, 0.15) is 40.7 Å². The summed E-state index contributed by atoms with van der Waals surface area (Å²) in [5.74, 6) is 6.25. The zero-order valence-electron chi connectivity index (χ0n) is 12.1. The van der Waals surface area contributed by atoms with Gasteiger partial charge in [0.25, 0.3) is 5.91 Å². The van der Waals surface area contributed by atoms with Gasteiger partial charge in [0, 0.05) is 24.7 Å². The van der Waals surface area contributed by atoms with Crippen molar-refractivity contribution in [2.75, 3.05) is 20.2 Å². The van der Waals surface area contributed by atoms with Crippen LogP contribution < -0.4 is 0 Å². The molecular formula is C17H21NO2. The summed E-state index contributed by atoms with van der Waals surface area (Å²) in [5.41, 5.74) is 2.40. The zero-order chi connectivity index (χ0) is 14.5. The van der Waals surface area contributed by atoms with Crippen LogP contribution in [0.15, 0.2) is 18.2 Å². The summed E-state index contributed by atoms with van der Waals surface area (Å²) in [5, 5.41) is 8.77. The molecule has 2 rings (SSSR count). The lowest BCUT2D eigenvalue weighted by molar-refractivity contribution is 0.0744. The summed E-state index contributed by atoms with van der Waals surface area (Å²) < 4.78 is 0. The third-order valence-electron chi connectivity index (χ3n) is 3.97. The van der Waals surface area contributed by atoms with Gasteiger partial charge in [-0.25, -0.2) is 0 Å². The van der Waals surface area contributed by atoms with E-state index in [4.69, 9.17) is 5.11 Å². The number of nitrogens with zero attached hydrogens (tertiary/aromatic N) is 1. The molecule has 0 aliphatic heterocycles. The molecule has 0 heterocycles. The second kappa shape index (κ2) is 6.58. The van der Waals surface area contributed by atoms with Gasteiger partial charge in [0.05, 0.1) is 0 Å². The lowest BCUT2D eigenvalue weighted by Gasteiger charge is -2.30. The first-order valence-corrected chi connectivity index (χ1v) is 7.08. The molecular weight excluding hydrogens is 250 g/mol. The maximum atomic E-state index is 12.5. The molecule has 1 aliphatic carbocycles. The summed E-state index contributed by atoms with van der Waals surface area (Å²) in [6, 6.07) is 5.57. The van der Waals surface area contributed by atoms with Gasteiger partial charge in [0.15, 0.2) is 0 Å². The summed E-state index contributed by atoms with van der Waals surface area (Å²) in [4.78, 5) is 14.3. The SMILES string of the molecule is Cc1c(C#CCO)cccc1C(=O)N(C)CC1CCC1. The number of amides is 1. The fraction of sp³-hybridized carbons (Fsp3) is 0.471. The second-order valence-corrected chi connectivity index (χ2v) is 5.42. The molecule has 1 aromatic rings. The van der Waals surface area contributed by atoms with Gasteiger partial charge in [-0.2, -0.15) is 0 Å². The molecule has 20 heavy (non-hydrogen) atoms. The van der Waals surface area contributed by atoms with Crippen LogP contribution in [0.4, 0.5) is 0 Å². The maximum Gasteiger partial charge on any atom is 0.253 e. The van der Waals surface area contributed by atoms with Crippen molar-refractivity contribution < 1.29 is 9.90 Å². The Hall–Kier alpha value is -1.79. The molecule has 1 fully saturated rings. The zero-order valence-corrected chi connectivity index (χ0v) is 12.1. The van der Waals surface area contributed by atoms with Gasteiger partial charge in [-0.1, -0.05) is 24.3 Å². The van der Waals surface area contributed by atoms with Crippen LogP contribution in [0.25, 0.3) is 0 Å². The normalized spacial score (nSPS) is 14.2. The summed E-state index contributed by atoms with van der Waals surface area (Å²) in [7, 11) is 1.87. The largest absolute Gasteiger partial charge is 0.384 e. The van der Waals surface area contributed by atoms with Crippen LogP contribution in [0.2, 0.25) is 0 Å².